The standard InChI is InChI=1S/C25H22N4O2/c1-31-21-14-12-19(13-15-21)23-16-22(18-8-4-2-5-9-18)28(25-26-17-27-29(23)25)24(30)20-10-6-3-7-11-20/h2-15,17,22-23H,16H2,1H3/t22-,23+/m1/s1. The van der Waals surface area contributed by atoms with E-state index in [9.17, 15) is 4.79 Å². The summed E-state index contributed by atoms with van der Waals surface area (Å²) >= 11 is 0. The van der Waals surface area contributed by atoms with E-state index in [1.54, 1.807) is 12.0 Å². The molecule has 0 spiro atoms. The van der Waals surface area contributed by atoms with Crippen molar-refractivity contribution in [2.75, 3.05) is 12.0 Å². The van der Waals surface area contributed by atoms with E-state index in [1.807, 2.05) is 77.5 Å². The molecule has 2 atom stereocenters. The SMILES string of the molecule is COc1ccc([C@@H]2C[C@H](c3ccccc3)N(C(=O)c3ccccc3)c3ncnn32)cc1. The van der Waals surface area contributed by atoms with Crippen LogP contribution in [0.3, 0.4) is 0 Å². The molecule has 1 aromatic heterocycles. The van der Waals surface area contributed by atoms with E-state index in [2.05, 4.69) is 22.2 Å². The first-order valence-corrected chi connectivity index (χ1v) is 10.2. The van der Waals surface area contributed by atoms with Gasteiger partial charge >= 0.3 is 0 Å². The third kappa shape index (κ3) is 3.46. The molecule has 0 bridgehead atoms. The number of hydrogen-bond donors (Lipinski definition) is 0. The van der Waals surface area contributed by atoms with Crippen LogP contribution in [0.4, 0.5) is 5.95 Å². The Morgan fingerprint density at radius 1 is 0.871 bits per heavy atom. The van der Waals surface area contributed by atoms with E-state index < -0.39 is 0 Å². The number of methoxy groups -OCH3 is 1. The molecular weight excluding hydrogens is 388 g/mol. The van der Waals surface area contributed by atoms with Crippen LogP contribution < -0.4 is 9.64 Å². The lowest BCUT2D eigenvalue weighted by Gasteiger charge is -2.39. The molecule has 5 rings (SSSR count). The van der Waals surface area contributed by atoms with Crippen molar-refractivity contribution < 1.29 is 9.53 Å². The van der Waals surface area contributed by atoms with E-state index in [0.29, 0.717) is 17.9 Å². The number of hydrogen-bond acceptors (Lipinski definition) is 4. The van der Waals surface area contributed by atoms with Gasteiger partial charge in [0, 0.05) is 5.56 Å². The Kier molecular flexibility index (Phi) is 4.96. The van der Waals surface area contributed by atoms with Crippen molar-refractivity contribution >= 4 is 11.9 Å². The fourth-order valence-corrected chi connectivity index (χ4v) is 4.21. The van der Waals surface area contributed by atoms with Crippen molar-refractivity contribution in [3.8, 4) is 5.75 Å². The highest BCUT2D eigenvalue weighted by atomic mass is 16.5. The number of benzene rings is 3. The molecule has 6 nitrogen and oxygen atoms in total. The van der Waals surface area contributed by atoms with E-state index in [-0.39, 0.29) is 18.0 Å². The average molecular weight is 410 g/mol. The first-order valence-electron chi connectivity index (χ1n) is 10.2. The summed E-state index contributed by atoms with van der Waals surface area (Å²) < 4.78 is 7.16. The van der Waals surface area contributed by atoms with Gasteiger partial charge in [-0.05, 0) is 41.8 Å². The second kappa shape index (κ2) is 8.07. The minimum atomic E-state index is -0.169. The Morgan fingerprint density at radius 2 is 1.52 bits per heavy atom. The van der Waals surface area contributed by atoms with Gasteiger partial charge in [0.2, 0.25) is 5.95 Å². The number of nitrogens with zero attached hydrogens (tertiary/aromatic N) is 4. The van der Waals surface area contributed by atoms with Crippen molar-refractivity contribution in [2.24, 2.45) is 0 Å². The van der Waals surface area contributed by atoms with E-state index in [1.165, 1.54) is 6.33 Å². The van der Waals surface area contributed by atoms with Crippen LogP contribution in [0.5, 0.6) is 5.75 Å². The summed E-state index contributed by atoms with van der Waals surface area (Å²) in [6.07, 6.45) is 2.20. The Labute approximate surface area is 180 Å². The quantitative estimate of drug-likeness (QED) is 0.491. The van der Waals surface area contributed by atoms with E-state index in [0.717, 1.165) is 16.9 Å². The summed E-state index contributed by atoms with van der Waals surface area (Å²) in [5, 5.41) is 4.49. The molecule has 1 aliphatic rings. The number of rotatable bonds is 4. The van der Waals surface area contributed by atoms with Crippen molar-refractivity contribution in [1.29, 1.82) is 0 Å². The first kappa shape index (κ1) is 19.1. The summed E-state index contributed by atoms with van der Waals surface area (Å²) in [5.41, 5.74) is 2.79. The van der Waals surface area contributed by atoms with Crippen molar-refractivity contribution in [1.82, 2.24) is 14.8 Å². The molecule has 0 N–H and O–H groups in total. The predicted octanol–water partition coefficient (Wildman–Crippen LogP) is 4.67. The van der Waals surface area contributed by atoms with Crippen LogP contribution in [0.25, 0.3) is 0 Å². The summed E-state index contributed by atoms with van der Waals surface area (Å²) in [6, 6.07) is 27.2. The van der Waals surface area contributed by atoms with E-state index >= 15 is 0 Å². The molecule has 31 heavy (non-hydrogen) atoms. The van der Waals surface area contributed by atoms with Crippen molar-refractivity contribution in [3.63, 3.8) is 0 Å². The van der Waals surface area contributed by atoms with Crippen LogP contribution in [0, 0.1) is 0 Å². The molecule has 0 fully saturated rings. The number of anilines is 1. The van der Waals surface area contributed by atoms with Gasteiger partial charge in [-0.2, -0.15) is 10.1 Å². The molecule has 0 radical (unpaired) electrons. The third-order valence-corrected chi connectivity index (χ3v) is 5.75. The van der Waals surface area contributed by atoms with Crippen molar-refractivity contribution in [2.45, 2.75) is 18.5 Å². The topological polar surface area (TPSA) is 60.2 Å². The van der Waals surface area contributed by atoms with Gasteiger partial charge < -0.3 is 4.74 Å². The molecule has 2 heterocycles. The van der Waals surface area contributed by atoms with Crippen LogP contribution in [-0.4, -0.2) is 27.8 Å². The first-order chi connectivity index (χ1) is 15.3. The van der Waals surface area contributed by atoms with Crippen LogP contribution in [0.1, 0.15) is 40.0 Å². The highest BCUT2D eigenvalue weighted by Crippen LogP contribution is 2.42. The second-order valence-corrected chi connectivity index (χ2v) is 7.50. The lowest BCUT2D eigenvalue weighted by Crippen LogP contribution is -2.42. The van der Waals surface area contributed by atoms with Crippen LogP contribution in [0.15, 0.2) is 91.3 Å². The highest BCUT2D eigenvalue weighted by molar-refractivity contribution is 6.05. The largest absolute Gasteiger partial charge is 0.497 e. The second-order valence-electron chi connectivity index (χ2n) is 7.50. The number of ether oxygens (including phenoxy) is 1. The lowest BCUT2D eigenvalue weighted by atomic mass is 9.91. The number of carbonyl (C=O) groups is 1. The van der Waals surface area contributed by atoms with Gasteiger partial charge in [-0.1, -0.05) is 60.7 Å². The lowest BCUT2D eigenvalue weighted by molar-refractivity contribution is 0.0963. The summed E-state index contributed by atoms with van der Waals surface area (Å²) in [4.78, 5) is 19.9. The molecule has 0 aliphatic carbocycles. The minimum Gasteiger partial charge on any atom is -0.497 e. The predicted molar refractivity (Wildman–Crippen MR) is 118 cm³/mol. The van der Waals surface area contributed by atoms with E-state index in [4.69, 9.17) is 4.74 Å². The molecule has 1 aliphatic heterocycles. The Bertz CT molecular complexity index is 1170. The minimum absolute atomic E-state index is 0.0477. The fourth-order valence-electron chi connectivity index (χ4n) is 4.21. The van der Waals surface area contributed by atoms with Gasteiger partial charge in [-0.25, -0.2) is 4.68 Å². The third-order valence-electron chi connectivity index (χ3n) is 5.75. The van der Waals surface area contributed by atoms with Crippen LogP contribution in [0.2, 0.25) is 0 Å². The van der Waals surface area contributed by atoms with Crippen molar-refractivity contribution in [3.05, 3.63) is 108 Å². The summed E-state index contributed by atoms with van der Waals surface area (Å²) in [5.74, 6) is 1.27. The molecule has 4 aromatic rings. The average Bonchev–Trinajstić information content (AvgIpc) is 3.33. The smallest absolute Gasteiger partial charge is 0.261 e. The number of fused-ring (bicyclic) bond motifs is 1. The maximum Gasteiger partial charge on any atom is 0.261 e. The van der Waals surface area contributed by atoms with Crippen LogP contribution in [-0.2, 0) is 0 Å². The van der Waals surface area contributed by atoms with Gasteiger partial charge in [0.1, 0.15) is 12.1 Å². The zero-order valence-corrected chi connectivity index (χ0v) is 17.1. The van der Waals surface area contributed by atoms with Gasteiger partial charge in [-0.3, -0.25) is 9.69 Å². The molecule has 0 unspecified atom stereocenters. The monoisotopic (exact) mass is 410 g/mol. The molecular formula is C25H22N4O2. The Morgan fingerprint density at radius 3 is 2.19 bits per heavy atom. The molecule has 6 heteroatoms. The number of aromatic nitrogens is 3. The highest BCUT2D eigenvalue weighted by Gasteiger charge is 2.39. The maximum absolute atomic E-state index is 13.6. The number of carbonyl (C=O) groups excluding carboxylic acids is 1. The normalized spacial score (nSPS) is 17.8. The van der Waals surface area contributed by atoms with Gasteiger partial charge in [0.15, 0.2) is 0 Å². The molecule has 1 amide bonds. The zero-order chi connectivity index (χ0) is 21.2. The Balaban J connectivity index is 1.62. The Hall–Kier alpha value is -3.93. The van der Waals surface area contributed by atoms with Crippen LogP contribution >= 0.6 is 0 Å². The van der Waals surface area contributed by atoms with Gasteiger partial charge in [-0.15, -0.1) is 0 Å². The summed E-state index contributed by atoms with van der Waals surface area (Å²) in [6.45, 7) is 0. The summed E-state index contributed by atoms with van der Waals surface area (Å²) in [7, 11) is 1.66. The molecule has 154 valence electrons. The molecule has 3 aromatic carbocycles. The van der Waals surface area contributed by atoms with Gasteiger partial charge in [0.25, 0.3) is 5.91 Å². The zero-order valence-electron chi connectivity index (χ0n) is 17.1. The molecule has 0 saturated heterocycles. The molecule has 0 saturated carbocycles. The fraction of sp³-hybridized carbons (Fsp3) is 0.160. The maximum atomic E-state index is 13.6. The van der Waals surface area contributed by atoms with Gasteiger partial charge in [0.05, 0.1) is 19.2 Å². The number of amides is 1.